The molecule has 1 aromatic carbocycles. The van der Waals surface area contributed by atoms with Crippen molar-refractivity contribution in [3.63, 3.8) is 0 Å². The van der Waals surface area contributed by atoms with Crippen LogP contribution in [0.4, 0.5) is 0 Å². The van der Waals surface area contributed by atoms with Gasteiger partial charge in [0.25, 0.3) is 0 Å². The van der Waals surface area contributed by atoms with Gasteiger partial charge in [0.15, 0.2) is 0 Å². The molecule has 0 spiro atoms. The van der Waals surface area contributed by atoms with Gasteiger partial charge in [-0.05, 0) is 17.7 Å². The monoisotopic (exact) mass is 344 g/mol. The van der Waals surface area contributed by atoms with Gasteiger partial charge in [-0.3, -0.25) is 9.48 Å². The molecule has 1 aliphatic heterocycles. The molecule has 0 saturated carbocycles. The number of methoxy groups -OCH3 is 2. The highest BCUT2D eigenvalue weighted by Crippen LogP contribution is 2.28. The van der Waals surface area contributed by atoms with Crippen molar-refractivity contribution in [1.29, 1.82) is 0 Å². The lowest BCUT2D eigenvalue weighted by Gasteiger charge is -2.18. The first-order valence-corrected chi connectivity index (χ1v) is 8.30. The number of rotatable bonds is 6. The Labute approximate surface area is 147 Å². The molecule has 1 saturated heterocycles. The average Bonchev–Trinajstić information content (AvgIpc) is 3.28. The Morgan fingerprint density at radius 3 is 2.88 bits per heavy atom. The Bertz CT molecular complexity index is 744. The number of hydrogen-bond donors (Lipinski definition) is 2. The van der Waals surface area contributed by atoms with Crippen LogP contribution in [0.2, 0.25) is 0 Å². The van der Waals surface area contributed by atoms with Crippen molar-refractivity contribution >= 4 is 5.91 Å². The molecule has 0 unspecified atom stereocenters. The molecular formula is C18H24N4O3. The molecule has 2 atom stereocenters. The van der Waals surface area contributed by atoms with Crippen LogP contribution in [0.3, 0.4) is 0 Å². The first-order chi connectivity index (χ1) is 12.1. The average molecular weight is 344 g/mol. The Morgan fingerprint density at radius 1 is 1.36 bits per heavy atom. The van der Waals surface area contributed by atoms with E-state index in [1.807, 2.05) is 37.6 Å². The summed E-state index contributed by atoms with van der Waals surface area (Å²) in [6, 6.07) is 5.58. The van der Waals surface area contributed by atoms with Crippen molar-refractivity contribution in [2.45, 2.75) is 12.5 Å². The maximum atomic E-state index is 12.7. The number of nitrogens with one attached hydrogen (secondary N) is 2. The summed E-state index contributed by atoms with van der Waals surface area (Å²) in [4.78, 5) is 12.7. The van der Waals surface area contributed by atoms with Gasteiger partial charge in [0.05, 0.1) is 26.3 Å². The lowest BCUT2D eigenvalue weighted by Crippen LogP contribution is -2.34. The molecule has 1 aromatic heterocycles. The van der Waals surface area contributed by atoms with Crippen LogP contribution in [-0.2, 0) is 18.4 Å². The standard InChI is InChI=1S/C18H24N4O3/c1-22-11-13(8-21-22)15-9-19-10-16(15)18(23)20-7-12-4-5-14(24-2)6-17(12)25-3/h4-6,8,11,15-16,19H,7,9-10H2,1-3H3,(H,20,23)/t15-,16+/m1/s1. The third-order valence-corrected chi connectivity index (χ3v) is 4.65. The normalized spacial score (nSPS) is 19.6. The molecule has 2 aromatic rings. The predicted octanol–water partition coefficient (Wildman–Crippen LogP) is 1.06. The molecule has 134 valence electrons. The van der Waals surface area contributed by atoms with Crippen molar-refractivity contribution in [1.82, 2.24) is 20.4 Å². The minimum atomic E-state index is -0.103. The highest BCUT2D eigenvalue weighted by Gasteiger charge is 2.34. The molecule has 0 bridgehead atoms. The second-order valence-electron chi connectivity index (χ2n) is 6.21. The molecule has 0 aliphatic carbocycles. The molecule has 1 fully saturated rings. The van der Waals surface area contributed by atoms with E-state index in [2.05, 4.69) is 15.7 Å². The van der Waals surface area contributed by atoms with E-state index in [9.17, 15) is 4.79 Å². The van der Waals surface area contributed by atoms with Gasteiger partial charge < -0.3 is 20.1 Å². The molecule has 2 heterocycles. The van der Waals surface area contributed by atoms with Gasteiger partial charge in [-0.1, -0.05) is 0 Å². The van der Waals surface area contributed by atoms with Gasteiger partial charge in [-0.15, -0.1) is 0 Å². The Hall–Kier alpha value is -2.54. The number of hydrogen-bond acceptors (Lipinski definition) is 5. The Kier molecular flexibility index (Phi) is 5.23. The number of aryl methyl sites for hydroxylation is 1. The smallest absolute Gasteiger partial charge is 0.225 e. The van der Waals surface area contributed by atoms with E-state index in [1.54, 1.807) is 18.9 Å². The zero-order chi connectivity index (χ0) is 17.8. The van der Waals surface area contributed by atoms with Crippen LogP contribution in [0.5, 0.6) is 11.5 Å². The number of amides is 1. The molecule has 2 N–H and O–H groups in total. The van der Waals surface area contributed by atoms with Crippen LogP contribution >= 0.6 is 0 Å². The third kappa shape index (κ3) is 3.76. The summed E-state index contributed by atoms with van der Waals surface area (Å²) in [6.45, 7) is 1.88. The fourth-order valence-electron chi connectivity index (χ4n) is 3.25. The summed E-state index contributed by atoms with van der Waals surface area (Å²) in [5, 5.41) is 10.6. The fourth-order valence-corrected chi connectivity index (χ4v) is 3.25. The van der Waals surface area contributed by atoms with Gasteiger partial charge in [0.1, 0.15) is 11.5 Å². The Balaban J connectivity index is 1.66. The van der Waals surface area contributed by atoms with Gasteiger partial charge in [0.2, 0.25) is 5.91 Å². The number of nitrogens with zero attached hydrogens (tertiary/aromatic N) is 2. The predicted molar refractivity (Wildman–Crippen MR) is 93.7 cm³/mol. The van der Waals surface area contributed by atoms with Crippen molar-refractivity contribution in [3.8, 4) is 11.5 Å². The molecule has 3 rings (SSSR count). The number of ether oxygens (including phenoxy) is 2. The van der Waals surface area contributed by atoms with Crippen LogP contribution in [0, 0.1) is 5.92 Å². The van der Waals surface area contributed by atoms with E-state index in [1.165, 1.54) is 0 Å². The van der Waals surface area contributed by atoms with E-state index in [0.29, 0.717) is 18.8 Å². The SMILES string of the molecule is COc1ccc(CNC(=O)[C@H]2CNC[C@@H]2c2cnn(C)c2)c(OC)c1. The highest BCUT2D eigenvalue weighted by molar-refractivity contribution is 5.80. The fraction of sp³-hybridized carbons (Fsp3) is 0.444. The summed E-state index contributed by atoms with van der Waals surface area (Å²) < 4.78 is 12.4. The first kappa shape index (κ1) is 17.3. The topological polar surface area (TPSA) is 77.4 Å². The largest absolute Gasteiger partial charge is 0.497 e. The van der Waals surface area contributed by atoms with Gasteiger partial charge in [-0.25, -0.2) is 0 Å². The quantitative estimate of drug-likeness (QED) is 0.819. The Morgan fingerprint density at radius 2 is 2.20 bits per heavy atom. The summed E-state index contributed by atoms with van der Waals surface area (Å²) in [6.07, 6.45) is 3.81. The summed E-state index contributed by atoms with van der Waals surface area (Å²) in [7, 11) is 5.11. The van der Waals surface area contributed by atoms with E-state index in [0.717, 1.165) is 23.4 Å². The lowest BCUT2D eigenvalue weighted by molar-refractivity contribution is -0.125. The minimum Gasteiger partial charge on any atom is -0.497 e. The maximum absolute atomic E-state index is 12.7. The zero-order valence-corrected chi connectivity index (χ0v) is 14.8. The molecular weight excluding hydrogens is 320 g/mol. The molecule has 7 heteroatoms. The van der Waals surface area contributed by atoms with Crippen LogP contribution in [0.25, 0.3) is 0 Å². The molecule has 25 heavy (non-hydrogen) atoms. The molecule has 0 radical (unpaired) electrons. The maximum Gasteiger partial charge on any atom is 0.225 e. The molecule has 1 amide bonds. The zero-order valence-electron chi connectivity index (χ0n) is 14.8. The number of carbonyl (C=O) groups excluding carboxylic acids is 1. The van der Waals surface area contributed by atoms with Gasteiger partial charge in [-0.2, -0.15) is 5.10 Å². The van der Waals surface area contributed by atoms with Crippen LogP contribution in [-0.4, -0.2) is 43.0 Å². The van der Waals surface area contributed by atoms with Crippen molar-refractivity contribution in [3.05, 3.63) is 41.7 Å². The number of aromatic nitrogens is 2. The van der Waals surface area contributed by atoms with E-state index < -0.39 is 0 Å². The van der Waals surface area contributed by atoms with E-state index in [-0.39, 0.29) is 17.7 Å². The lowest BCUT2D eigenvalue weighted by atomic mass is 9.90. The minimum absolute atomic E-state index is 0.0386. The van der Waals surface area contributed by atoms with Crippen molar-refractivity contribution in [2.75, 3.05) is 27.3 Å². The van der Waals surface area contributed by atoms with E-state index in [4.69, 9.17) is 9.47 Å². The highest BCUT2D eigenvalue weighted by atomic mass is 16.5. The third-order valence-electron chi connectivity index (χ3n) is 4.65. The second kappa shape index (κ2) is 7.57. The molecule has 1 aliphatic rings. The summed E-state index contributed by atoms with van der Waals surface area (Å²) in [5.74, 6) is 1.51. The summed E-state index contributed by atoms with van der Waals surface area (Å²) >= 11 is 0. The summed E-state index contributed by atoms with van der Waals surface area (Å²) in [5.41, 5.74) is 2.01. The number of benzene rings is 1. The van der Waals surface area contributed by atoms with Gasteiger partial charge >= 0.3 is 0 Å². The van der Waals surface area contributed by atoms with Crippen LogP contribution in [0.15, 0.2) is 30.6 Å². The first-order valence-electron chi connectivity index (χ1n) is 8.30. The van der Waals surface area contributed by atoms with Gasteiger partial charge in [0, 0.05) is 50.4 Å². The number of carbonyl (C=O) groups is 1. The van der Waals surface area contributed by atoms with Crippen molar-refractivity contribution < 1.29 is 14.3 Å². The van der Waals surface area contributed by atoms with Crippen molar-refractivity contribution in [2.24, 2.45) is 13.0 Å². The molecule has 7 nitrogen and oxygen atoms in total. The second-order valence-corrected chi connectivity index (χ2v) is 6.21. The van der Waals surface area contributed by atoms with Crippen LogP contribution < -0.4 is 20.1 Å². The van der Waals surface area contributed by atoms with Crippen LogP contribution in [0.1, 0.15) is 17.0 Å². The van der Waals surface area contributed by atoms with E-state index >= 15 is 0 Å².